The van der Waals surface area contributed by atoms with E-state index in [1.54, 1.807) is 17.0 Å². The summed E-state index contributed by atoms with van der Waals surface area (Å²) in [7, 11) is 0. The summed E-state index contributed by atoms with van der Waals surface area (Å²) in [6, 6.07) is 30.5. The van der Waals surface area contributed by atoms with E-state index in [2.05, 4.69) is 10.2 Å². The molecule has 0 radical (unpaired) electrons. The van der Waals surface area contributed by atoms with Crippen molar-refractivity contribution in [3.63, 3.8) is 0 Å². The lowest BCUT2D eigenvalue weighted by molar-refractivity contribution is -0.121. The number of benzene rings is 4. The fourth-order valence-electron chi connectivity index (χ4n) is 6.41. The van der Waals surface area contributed by atoms with Crippen LogP contribution >= 0.6 is 23.1 Å². The maximum absolute atomic E-state index is 15.1. The summed E-state index contributed by atoms with van der Waals surface area (Å²) in [4.78, 5) is 47.3. The molecule has 2 amide bonds. The Balaban J connectivity index is 1.35. The highest BCUT2D eigenvalue weighted by atomic mass is 32.2. The molecule has 0 aliphatic carbocycles. The van der Waals surface area contributed by atoms with Crippen LogP contribution in [0.4, 0.5) is 10.8 Å². The minimum absolute atomic E-state index is 0.00922. The number of amides is 2. The average Bonchev–Trinajstić information content (AvgIpc) is 3.71. The maximum atomic E-state index is 15.1. The third-order valence-corrected chi connectivity index (χ3v) is 10.8. The second-order valence-electron chi connectivity index (χ2n) is 11.4. The van der Waals surface area contributed by atoms with Gasteiger partial charge in [-0.25, -0.2) is 0 Å². The van der Waals surface area contributed by atoms with Crippen LogP contribution in [-0.4, -0.2) is 22.0 Å². The fourth-order valence-corrected chi connectivity index (χ4v) is 8.26. The van der Waals surface area contributed by atoms with Crippen LogP contribution in [0.25, 0.3) is 11.0 Å². The molecule has 8 rings (SSSR count). The highest BCUT2D eigenvalue weighted by Crippen LogP contribution is 2.55. The van der Waals surface area contributed by atoms with Gasteiger partial charge in [0.05, 0.1) is 23.2 Å². The lowest BCUT2D eigenvalue weighted by Crippen LogP contribution is -2.53. The molecule has 4 heterocycles. The van der Waals surface area contributed by atoms with Crippen molar-refractivity contribution in [3.05, 3.63) is 146 Å². The van der Waals surface area contributed by atoms with Gasteiger partial charge in [0, 0.05) is 11.3 Å². The monoisotopic (exact) mass is 642 g/mol. The highest BCUT2D eigenvalue weighted by molar-refractivity contribution is 8.00. The van der Waals surface area contributed by atoms with Crippen molar-refractivity contribution in [2.24, 2.45) is 0 Å². The Labute approximate surface area is 272 Å². The summed E-state index contributed by atoms with van der Waals surface area (Å²) >= 11 is 2.71. The van der Waals surface area contributed by atoms with E-state index in [1.807, 2.05) is 98.8 Å². The van der Waals surface area contributed by atoms with Crippen LogP contribution in [0.5, 0.6) is 0 Å². The van der Waals surface area contributed by atoms with Crippen molar-refractivity contribution in [1.29, 1.82) is 0 Å². The number of nitrogens with zero attached hydrogens (tertiary/aromatic N) is 4. The second kappa shape index (κ2) is 10.8. The number of para-hydroxylation sites is 1. The molecule has 6 aromatic rings. The molecule has 46 heavy (non-hydrogen) atoms. The Bertz CT molecular complexity index is 2250. The number of thioether (sulfide) groups is 1. The zero-order valence-corrected chi connectivity index (χ0v) is 26.5. The van der Waals surface area contributed by atoms with Gasteiger partial charge in [-0.3, -0.25) is 19.3 Å². The Kier molecular flexibility index (Phi) is 6.66. The van der Waals surface area contributed by atoms with E-state index in [1.165, 1.54) is 28.0 Å². The van der Waals surface area contributed by atoms with Gasteiger partial charge in [-0.05, 0) is 54.3 Å². The first-order chi connectivity index (χ1) is 22.4. The molecule has 2 aliphatic heterocycles. The number of aryl methyl sites for hydroxylation is 2. The molecule has 1 spiro atoms. The lowest BCUT2D eigenvalue weighted by Gasteiger charge is -2.32. The van der Waals surface area contributed by atoms with E-state index in [-0.39, 0.29) is 23.0 Å². The van der Waals surface area contributed by atoms with Crippen molar-refractivity contribution in [2.75, 3.05) is 9.80 Å². The third-order valence-electron chi connectivity index (χ3n) is 8.72. The minimum atomic E-state index is -1.83. The first-order valence-corrected chi connectivity index (χ1v) is 16.6. The number of anilines is 2. The summed E-state index contributed by atoms with van der Waals surface area (Å²) in [5.41, 5.74) is 3.06. The van der Waals surface area contributed by atoms with Crippen molar-refractivity contribution in [3.8, 4) is 0 Å². The highest BCUT2D eigenvalue weighted by Gasteiger charge is 2.66. The zero-order valence-electron chi connectivity index (χ0n) is 24.9. The van der Waals surface area contributed by atoms with E-state index >= 15 is 4.79 Å². The van der Waals surface area contributed by atoms with E-state index in [4.69, 9.17) is 4.42 Å². The molecule has 10 heteroatoms. The van der Waals surface area contributed by atoms with Gasteiger partial charge >= 0.3 is 0 Å². The number of carbonyl (C=O) groups is 2. The SMILES string of the molecule is Cc1cc2oc3c(c(=O)c2cc1C)C1(C(=O)N(Cc2ccccc2)c2ccccc21)N(c1nnc(SCc2ccccc2)s1)C3=O. The number of aromatic nitrogens is 2. The van der Waals surface area contributed by atoms with Crippen LogP contribution in [-0.2, 0) is 22.6 Å². The van der Waals surface area contributed by atoms with Crippen LogP contribution < -0.4 is 15.2 Å². The van der Waals surface area contributed by atoms with Gasteiger partial charge in [0.1, 0.15) is 5.58 Å². The molecular formula is C36H26N4O4S2. The fraction of sp³-hybridized carbons (Fsp3) is 0.139. The summed E-state index contributed by atoms with van der Waals surface area (Å²) in [6.45, 7) is 4.09. The number of carbonyl (C=O) groups excluding carboxylic acids is 2. The quantitative estimate of drug-likeness (QED) is 0.143. The van der Waals surface area contributed by atoms with Crippen molar-refractivity contribution >= 4 is 56.7 Å². The molecule has 2 aromatic heterocycles. The second-order valence-corrected chi connectivity index (χ2v) is 13.6. The molecule has 0 saturated carbocycles. The Morgan fingerprint density at radius 1 is 0.826 bits per heavy atom. The molecule has 226 valence electrons. The van der Waals surface area contributed by atoms with Crippen LogP contribution in [0.1, 0.15) is 43.9 Å². The number of fused-ring (bicyclic) bond motifs is 5. The molecule has 0 fully saturated rings. The van der Waals surface area contributed by atoms with Gasteiger partial charge in [0.25, 0.3) is 11.8 Å². The number of rotatable bonds is 6. The van der Waals surface area contributed by atoms with Gasteiger partial charge in [-0.2, -0.15) is 0 Å². The van der Waals surface area contributed by atoms with Crippen molar-refractivity contribution in [2.45, 2.75) is 36.0 Å². The third kappa shape index (κ3) is 4.17. The van der Waals surface area contributed by atoms with Crippen LogP contribution in [0, 0.1) is 13.8 Å². The smallest absolute Gasteiger partial charge is 0.297 e. The Morgan fingerprint density at radius 3 is 2.26 bits per heavy atom. The van der Waals surface area contributed by atoms with Crippen LogP contribution in [0.2, 0.25) is 0 Å². The maximum Gasteiger partial charge on any atom is 0.297 e. The summed E-state index contributed by atoms with van der Waals surface area (Å²) in [5, 5.41) is 9.38. The lowest BCUT2D eigenvalue weighted by atomic mass is 9.84. The molecule has 2 aliphatic rings. The minimum Gasteiger partial charge on any atom is -0.450 e. The topological polar surface area (TPSA) is 96.6 Å². The summed E-state index contributed by atoms with van der Waals surface area (Å²) in [6.07, 6.45) is 0. The molecule has 1 atom stereocenters. The van der Waals surface area contributed by atoms with Gasteiger partial charge in [-0.15, -0.1) is 10.2 Å². The van der Waals surface area contributed by atoms with E-state index < -0.39 is 22.8 Å². The van der Waals surface area contributed by atoms with E-state index in [0.29, 0.717) is 32.3 Å². The molecule has 0 saturated heterocycles. The normalized spacial score (nSPS) is 16.9. The molecule has 8 nitrogen and oxygen atoms in total. The van der Waals surface area contributed by atoms with E-state index in [0.717, 1.165) is 22.3 Å². The van der Waals surface area contributed by atoms with Gasteiger partial charge in [0.15, 0.2) is 15.3 Å². The first kappa shape index (κ1) is 28.4. The van der Waals surface area contributed by atoms with Crippen LogP contribution in [0.15, 0.2) is 111 Å². The largest absolute Gasteiger partial charge is 0.450 e. The molecule has 4 aromatic carbocycles. The zero-order chi connectivity index (χ0) is 31.6. The summed E-state index contributed by atoms with van der Waals surface area (Å²) in [5.74, 6) is -0.522. The Morgan fingerprint density at radius 2 is 1.50 bits per heavy atom. The molecule has 0 bridgehead atoms. The van der Waals surface area contributed by atoms with E-state index in [9.17, 15) is 9.59 Å². The molecule has 1 unspecified atom stereocenters. The van der Waals surface area contributed by atoms with Gasteiger partial charge < -0.3 is 9.32 Å². The predicted molar refractivity (Wildman–Crippen MR) is 180 cm³/mol. The van der Waals surface area contributed by atoms with Gasteiger partial charge in [-0.1, -0.05) is 102 Å². The van der Waals surface area contributed by atoms with Crippen molar-refractivity contribution < 1.29 is 14.0 Å². The molecular weight excluding hydrogens is 617 g/mol. The standard InChI is InChI=1S/C36H26N4O4S2/c1-21-17-25-28(18-22(21)2)44-31-29(30(25)41)36(26-15-9-10-16-27(26)39(33(36)43)19-23-11-5-3-6-12-23)40(32(31)42)34-37-38-35(46-34)45-20-24-13-7-4-8-14-24/h3-18H,19-20H2,1-2H3. The first-order valence-electron chi connectivity index (χ1n) is 14.8. The number of hydrogen-bond acceptors (Lipinski definition) is 8. The number of hydrogen-bond donors (Lipinski definition) is 0. The van der Waals surface area contributed by atoms with Gasteiger partial charge in [0.2, 0.25) is 10.9 Å². The predicted octanol–water partition coefficient (Wildman–Crippen LogP) is 7.00. The van der Waals surface area contributed by atoms with Crippen LogP contribution in [0.3, 0.4) is 0 Å². The summed E-state index contributed by atoms with van der Waals surface area (Å²) < 4.78 is 6.92. The molecule has 0 N–H and O–H groups in total. The average molecular weight is 643 g/mol. The van der Waals surface area contributed by atoms with Crippen molar-refractivity contribution in [1.82, 2.24) is 10.2 Å². The Hall–Kier alpha value is -5.06.